The van der Waals surface area contributed by atoms with Crippen molar-refractivity contribution in [2.75, 3.05) is 5.73 Å². The van der Waals surface area contributed by atoms with Gasteiger partial charge in [-0.05, 0) is 31.0 Å². The summed E-state index contributed by atoms with van der Waals surface area (Å²) in [5, 5.41) is 0. The number of terminal acetylenes is 1. The topological polar surface area (TPSA) is 72.2 Å². The van der Waals surface area contributed by atoms with Crippen molar-refractivity contribution in [1.29, 1.82) is 0 Å². The van der Waals surface area contributed by atoms with Crippen LogP contribution < -0.4 is 10.5 Å². The van der Waals surface area contributed by atoms with E-state index in [9.17, 15) is 8.42 Å². The fraction of sp³-hybridized carbons (Fsp3) is 0.333. The molecule has 1 rings (SSSR count). The number of nitrogens with one attached hydrogen (secondary N) is 1. The monoisotopic (exact) mass is 252 g/mol. The molecule has 5 heteroatoms. The Morgan fingerprint density at radius 3 is 2.71 bits per heavy atom. The van der Waals surface area contributed by atoms with Crippen LogP contribution in [0.5, 0.6) is 0 Å². The molecule has 1 unspecified atom stereocenters. The molecule has 3 N–H and O–H groups in total. The van der Waals surface area contributed by atoms with Crippen molar-refractivity contribution in [2.45, 2.75) is 31.2 Å². The molecule has 0 aromatic heterocycles. The Labute approximate surface area is 102 Å². The van der Waals surface area contributed by atoms with Gasteiger partial charge < -0.3 is 5.73 Å². The number of hydrogen-bond donors (Lipinski definition) is 2. The second kappa shape index (κ2) is 5.21. The van der Waals surface area contributed by atoms with Gasteiger partial charge >= 0.3 is 0 Å². The molecule has 0 aliphatic carbocycles. The molecule has 0 radical (unpaired) electrons. The molecule has 4 nitrogen and oxygen atoms in total. The van der Waals surface area contributed by atoms with Gasteiger partial charge in [0.25, 0.3) is 0 Å². The van der Waals surface area contributed by atoms with Gasteiger partial charge in [-0.15, -0.1) is 6.42 Å². The van der Waals surface area contributed by atoms with E-state index in [1.54, 1.807) is 19.1 Å². The average molecular weight is 252 g/mol. The Bertz CT molecular complexity index is 544. The summed E-state index contributed by atoms with van der Waals surface area (Å²) < 4.78 is 26.5. The van der Waals surface area contributed by atoms with E-state index in [1.165, 1.54) is 6.07 Å². The van der Waals surface area contributed by atoms with Gasteiger partial charge in [0.15, 0.2) is 0 Å². The van der Waals surface area contributed by atoms with Crippen molar-refractivity contribution < 1.29 is 8.42 Å². The van der Waals surface area contributed by atoms with Gasteiger partial charge in [0.1, 0.15) is 0 Å². The summed E-state index contributed by atoms with van der Waals surface area (Å²) in [4.78, 5) is 0.196. The Balaban J connectivity index is 3.23. The number of nitrogens with two attached hydrogens (primary N) is 1. The van der Waals surface area contributed by atoms with E-state index in [0.717, 1.165) is 5.56 Å². The Hall–Kier alpha value is -1.51. The minimum absolute atomic E-state index is 0.196. The number of sulfonamides is 1. The fourth-order valence-electron chi connectivity index (χ4n) is 1.44. The highest BCUT2D eigenvalue weighted by Gasteiger charge is 2.19. The second-order valence-corrected chi connectivity index (χ2v) is 5.41. The minimum Gasteiger partial charge on any atom is -0.399 e. The molecule has 0 heterocycles. The highest BCUT2D eigenvalue weighted by atomic mass is 32.2. The minimum atomic E-state index is -3.61. The molecule has 0 spiro atoms. The molecular formula is C12H16N2O2S. The normalized spacial score (nSPS) is 13.0. The first kappa shape index (κ1) is 13.6. The highest BCUT2D eigenvalue weighted by Crippen LogP contribution is 2.19. The molecule has 1 aromatic rings. The summed E-state index contributed by atoms with van der Waals surface area (Å²) in [6.45, 7) is 3.49. The molecule has 17 heavy (non-hydrogen) atoms. The molecule has 92 valence electrons. The van der Waals surface area contributed by atoms with E-state index in [0.29, 0.717) is 12.1 Å². The molecule has 1 aromatic carbocycles. The van der Waals surface area contributed by atoms with E-state index in [-0.39, 0.29) is 4.90 Å². The summed E-state index contributed by atoms with van der Waals surface area (Å²) in [6.07, 6.45) is 5.77. The molecule has 0 amide bonds. The standard InChI is InChI=1S/C12H16N2O2S/c1-4-9(3)14-17(15,16)12-8-11(13)7-6-10(12)5-2/h1,6-9,14H,5,13H2,2-3H3. The highest BCUT2D eigenvalue weighted by molar-refractivity contribution is 7.89. The van der Waals surface area contributed by atoms with Crippen LogP contribution in [0.4, 0.5) is 5.69 Å². The van der Waals surface area contributed by atoms with Gasteiger partial charge in [-0.1, -0.05) is 18.9 Å². The first-order valence-corrected chi connectivity index (χ1v) is 6.76. The zero-order valence-corrected chi connectivity index (χ0v) is 10.7. The van der Waals surface area contributed by atoms with E-state index < -0.39 is 16.1 Å². The van der Waals surface area contributed by atoms with Crippen LogP contribution in [0, 0.1) is 12.3 Å². The zero-order valence-electron chi connectivity index (χ0n) is 9.90. The Morgan fingerprint density at radius 1 is 1.53 bits per heavy atom. The summed E-state index contributed by atoms with van der Waals surface area (Å²) >= 11 is 0. The van der Waals surface area contributed by atoms with Crippen molar-refractivity contribution in [1.82, 2.24) is 4.72 Å². The van der Waals surface area contributed by atoms with Gasteiger partial charge in [0, 0.05) is 5.69 Å². The van der Waals surface area contributed by atoms with Gasteiger partial charge in [0.2, 0.25) is 10.0 Å². The predicted octanol–water partition coefficient (Wildman–Crippen LogP) is 1.13. The Morgan fingerprint density at radius 2 is 2.18 bits per heavy atom. The van der Waals surface area contributed by atoms with Crippen LogP contribution >= 0.6 is 0 Å². The molecule has 0 fully saturated rings. The molecular weight excluding hydrogens is 236 g/mol. The van der Waals surface area contributed by atoms with Crippen molar-refractivity contribution in [3.8, 4) is 12.3 Å². The van der Waals surface area contributed by atoms with Crippen LogP contribution in [0.15, 0.2) is 23.1 Å². The largest absolute Gasteiger partial charge is 0.399 e. The number of benzene rings is 1. The van der Waals surface area contributed by atoms with Crippen LogP contribution in [0.3, 0.4) is 0 Å². The lowest BCUT2D eigenvalue weighted by Crippen LogP contribution is -2.32. The van der Waals surface area contributed by atoms with Crippen LogP contribution in [-0.2, 0) is 16.4 Å². The summed E-state index contributed by atoms with van der Waals surface area (Å²) in [6, 6.07) is 4.29. The van der Waals surface area contributed by atoms with E-state index in [2.05, 4.69) is 10.6 Å². The van der Waals surface area contributed by atoms with Crippen LogP contribution in [0.2, 0.25) is 0 Å². The Kier molecular flexibility index (Phi) is 4.16. The van der Waals surface area contributed by atoms with Crippen molar-refractivity contribution in [3.05, 3.63) is 23.8 Å². The third-order valence-electron chi connectivity index (χ3n) is 2.34. The number of anilines is 1. The SMILES string of the molecule is C#CC(C)NS(=O)(=O)c1cc(N)ccc1CC. The number of nitrogen functional groups attached to an aromatic ring is 1. The lowest BCUT2D eigenvalue weighted by Gasteiger charge is -2.12. The van der Waals surface area contributed by atoms with E-state index in [4.69, 9.17) is 12.2 Å². The van der Waals surface area contributed by atoms with Gasteiger partial charge in [-0.25, -0.2) is 8.42 Å². The lowest BCUT2D eigenvalue weighted by molar-refractivity contribution is 0.576. The van der Waals surface area contributed by atoms with Gasteiger partial charge in [0.05, 0.1) is 10.9 Å². The molecule has 0 aliphatic heterocycles. The van der Waals surface area contributed by atoms with E-state index >= 15 is 0 Å². The van der Waals surface area contributed by atoms with Crippen molar-refractivity contribution >= 4 is 15.7 Å². The predicted molar refractivity (Wildman–Crippen MR) is 68.8 cm³/mol. The zero-order chi connectivity index (χ0) is 13.1. The number of aryl methyl sites for hydroxylation is 1. The van der Waals surface area contributed by atoms with Crippen molar-refractivity contribution in [2.24, 2.45) is 0 Å². The van der Waals surface area contributed by atoms with Crippen LogP contribution in [0.25, 0.3) is 0 Å². The molecule has 0 aliphatic rings. The maximum atomic E-state index is 12.1. The second-order valence-electron chi connectivity index (χ2n) is 3.73. The number of hydrogen-bond acceptors (Lipinski definition) is 3. The van der Waals surface area contributed by atoms with E-state index in [1.807, 2.05) is 6.92 Å². The first-order chi connectivity index (χ1) is 7.90. The van der Waals surface area contributed by atoms with Gasteiger partial charge in [-0.2, -0.15) is 4.72 Å². The molecule has 0 saturated carbocycles. The summed E-state index contributed by atoms with van der Waals surface area (Å²) in [5.74, 6) is 2.32. The fourth-order valence-corrected chi connectivity index (χ4v) is 2.95. The third kappa shape index (κ3) is 3.22. The first-order valence-electron chi connectivity index (χ1n) is 5.27. The third-order valence-corrected chi connectivity index (χ3v) is 3.97. The molecule has 1 atom stereocenters. The van der Waals surface area contributed by atoms with Crippen LogP contribution in [-0.4, -0.2) is 14.5 Å². The summed E-state index contributed by atoms with van der Waals surface area (Å²) in [7, 11) is -3.61. The maximum Gasteiger partial charge on any atom is 0.241 e. The molecule has 0 bridgehead atoms. The van der Waals surface area contributed by atoms with Gasteiger partial charge in [-0.3, -0.25) is 0 Å². The smallest absolute Gasteiger partial charge is 0.241 e. The summed E-state index contributed by atoms with van der Waals surface area (Å²) in [5.41, 5.74) is 6.74. The quantitative estimate of drug-likeness (QED) is 0.623. The van der Waals surface area contributed by atoms with Crippen molar-refractivity contribution in [3.63, 3.8) is 0 Å². The number of rotatable bonds is 4. The molecule has 0 saturated heterocycles. The van der Waals surface area contributed by atoms with Crippen LogP contribution in [0.1, 0.15) is 19.4 Å². The lowest BCUT2D eigenvalue weighted by atomic mass is 10.1. The average Bonchev–Trinajstić information content (AvgIpc) is 2.28. The maximum absolute atomic E-state index is 12.1.